The number of rotatable bonds is 3. The van der Waals surface area contributed by atoms with Gasteiger partial charge in [0.2, 0.25) is 0 Å². The molecular formula is C21H23ClN2O3S. The minimum absolute atomic E-state index is 0.259. The lowest BCUT2D eigenvalue weighted by Crippen LogP contribution is -2.24. The number of amides is 2. The van der Waals surface area contributed by atoms with Gasteiger partial charge >= 0.3 is 6.03 Å². The van der Waals surface area contributed by atoms with Crippen LogP contribution in [0.15, 0.2) is 15.6 Å². The highest BCUT2D eigenvalue weighted by molar-refractivity contribution is 7.97. The fraction of sp³-hybridized carbons (Fsp3) is 0.476. The number of carbonyl (C=O) groups excluding carboxylic acids is 1. The van der Waals surface area contributed by atoms with Gasteiger partial charge in [-0.2, -0.15) is 0 Å². The first kappa shape index (κ1) is 18.4. The van der Waals surface area contributed by atoms with Gasteiger partial charge in [0, 0.05) is 34.6 Å². The van der Waals surface area contributed by atoms with E-state index in [1.54, 1.807) is 0 Å². The molecule has 1 heterocycles. The molecule has 1 atom stereocenters. The molecule has 2 aromatic rings. The second-order valence-corrected chi connectivity index (χ2v) is 9.01. The van der Waals surface area contributed by atoms with Gasteiger partial charge in [-0.25, -0.2) is 4.79 Å². The van der Waals surface area contributed by atoms with E-state index in [1.165, 1.54) is 22.3 Å². The van der Waals surface area contributed by atoms with Crippen LogP contribution in [-0.2, 0) is 32.1 Å². The van der Waals surface area contributed by atoms with Gasteiger partial charge in [-0.15, -0.1) is 0 Å². The maximum absolute atomic E-state index is 12.6. The molecular weight excluding hydrogens is 396 g/mol. The van der Waals surface area contributed by atoms with Crippen LogP contribution in [0.25, 0.3) is 0 Å². The second-order valence-electron chi connectivity index (χ2n) is 7.82. The van der Waals surface area contributed by atoms with Crippen LogP contribution in [0.2, 0.25) is 5.02 Å². The van der Waals surface area contributed by atoms with E-state index in [0.717, 1.165) is 91.8 Å². The molecule has 0 saturated heterocycles. The van der Waals surface area contributed by atoms with Gasteiger partial charge in [0.25, 0.3) is 0 Å². The maximum Gasteiger partial charge on any atom is 0.329 e. The fourth-order valence-electron chi connectivity index (χ4n) is 4.83. The average Bonchev–Trinajstić information content (AvgIpc) is 3.42. The number of aliphatic hydroxyl groups is 1. The average molecular weight is 419 g/mol. The monoisotopic (exact) mass is 418 g/mol. The lowest BCUT2D eigenvalue weighted by molar-refractivity contribution is 0.152. The Balaban J connectivity index is 1.32. The van der Waals surface area contributed by atoms with E-state index in [4.69, 9.17) is 16.0 Å². The molecule has 0 spiro atoms. The molecule has 0 radical (unpaired) electrons. The number of benzene rings is 1. The van der Waals surface area contributed by atoms with Crippen LogP contribution < -0.4 is 10.0 Å². The van der Waals surface area contributed by atoms with E-state index in [1.807, 2.05) is 6.07 Å². The fourth-order valence-corrected chi connectivity index (χ4v) is 5.82. The molecule has 3 aliphatic rings. The van der Waals surface area contributed by atoms with Crippen LogP contribution in [0, 0.1) is 0 Å². The van der Waals surface area contributed by atoms with Gasteiger partial charge in [0.1, 0.15) is 5.76 Å². The molecule has 1 aromatic heterocycles. The summed E-state index contributed by atoms with van der Waals surface area (Å²) in [6, 6.07) is 1.58. The van der Waals surface area contributed by atoms with Crippen molar-refractivity contribution in [3.8, 4) is 0 Å². The first-order valence-electron chi connectivity index (χ1n) is 10.0. The number of aryl methyl sites for hydroxylation is 1. The molecule has 3 aliphatic carbocycles. The summed E-state index contributed by atoms with van der Waals surface area (Å²) in [7, 11) is 0. The van der Waals surface area contributed by atoms with Crippen LogP contribution in [0.1, 0.15) is 65.4 Å². The van der Waals surface area contributed by atoms with Crippen LogP contribution in [0.5, 0.6) is 0 Å². The Bertz CT molecular complexity index is 921. The van der Waals surface area contributed by atoms with Crippen molar-refractivity contribution in [3.63, 3.8) is 0 Å². The number of furan rings is 1. The number of nitrogens with one attached hydrogen (secondary N) is 2. The molecule has 0 aliphatic heterocycles. The molecule has 5 nitrogen and oxygen atoms in total. The summed E-state index contributed by atoms with van der Waals surface area (Å²) < 4.78 is 8.61. The zero-order valence-electron chi connectivity index (χ0n) is 15.6. The number of anilines is 1. The third-order valence-electron chi connectivity index (χ3n) is 6.11. The summed E-state index contributed by atoms with van der Waals surface area (Å²) in [4.78, 5) is 12.6. The van der Waals surface area contributed by atoms with E-state index < -0.39 is 6.10 Å². The molecule has 0 fully saturated rings. The van der Waals surface area contributed by atoms with Crippen molar-refractivity contribution in [1.82, 2.24) is 4.72 Å². The molecule has 1 unspecified atom stereocenters. The summed E-state index contributed by atoms with van der Waals surface area (Å²) in [6.45, 7) is 0. The third-order valence-corrected chi connectivity index (χ3v) is 7.26. The lowest BCUT2D eigenvalue weighted by atomic mass is 9.96. The molecule has 148 valence electrons. The molecule has 3 N–H and O–H groups in total. The van der Waals surface area contributed by atoms with Crippen molar-refractivity contribution in [2.75, 3.05) is 5.32 Å². The van der Waals surface area contributed by atoms with E-state index in [9.17, 15) is 9.90 Å². The standard InChI is InChI=1S/C21H23ClN2O3S/c22-19-11-4-1-6-13(11)20(14-7-2-5-12(14)19)23-21(26)24-28-18-10-15-16(25)8-3-9-17(15)27-18/h10,16,25H,1-9H2,(H2,23,24,26). The third kappa shape index (κ3) is 3.11. The van der Waals surface area contributed by atoms with Crippen molar-refractivity contribution in [2.24, 2.45) is 0 Å². The Morgan fingerprint density at radius 2 is 1.75 bits per heavy atom. The smallest absolute Gasteiger partial charge is 0.329 e. The number of hydrogen-bond acceptors (Lipinski definition) is 4. The van der Waals surface area contributed by atoms with Gasteiger partial charge in [-0.3, -0.25) is 4.72 Å². The molecule has 28 heavy (non-hydrogen) atoms. The molecule has 5 rings (SSSR count). The summed E-state index contributed by atoms with van der Waals surface area (Å²) in [5, 5.41) is 14.7. The van der Waals surface area contributed by atoms with Crippen molar-refractivity contribution < 1.29 is 14.3 Å². The summed E-state index contributed by atoms with van der Waals surface area (Å²) in [5.74, 6) is 0.830. The van der Waals surface area contributed by atoms with Crippen LogP contribution in [0.3, 0.4) is 0 Å². The van der Waals surface area contributed by atoms with Crippen LogP contribution in [-0.4, -0.2) is 11.1 Å². The van der Waals surface area contributed by atoms with Gasteiger partial charge < -0.3 is 14.8 Å². The number of halogens is 1. The van der Waals surface area contributed by atoms with E-state index in [2.05, 4.69) is 10.0 Å². The highest BCUT2D eigenvalue weighted by atomic mass is 35.5. The van der Waals surface area contributed by atoms with Gasteiger partial charge in [-0.05, 0) is 79.7 Å². The molecule has 1 aromatic carbocycles. The van der Waals surface area contributed by atoms with Crippen LogP contribution in [0.4, 0.5) is 10.5 Å². The molecule has 2 amide bonds. The topological polar surface area (TPSA) is 74.5 Å². The number of hydrogen-bond donors (Lipinski definition) is 3. The Kier molecular flexibility index (Phi) is 4.81. The minimum Gasteiger partial charge on any atom is -0.453 e. The van der Waals surface area contributed by atoms with Crippen molar-refractivity contribution in [2.45, 2.75) is 69.0 Å². The zero-order chi connectivity index (χ0) is 19.3. The highest BCUT2D eigenvalue weighted by Gasteiger charge is 2.29. The SMILES string of the molecule is O=C(NSc1cc2c(o1)CCCC2O)Nc1c2c(c(Cl)c3c1CCC3)CCC2. The Labute approximate surface area is 173 Å². The van der Waals surface area contributed by atoms with Gasteiger partial charge in [-0.1, -0.05) is 11.6 Å². The number of fused-ring (bicyclic) bond motifs is 3. The van der Waals surface area contributed by atoms with E-state index >= 15 is 0 Å². The number of urea groups is 1. The Morgan fingerprint density at radius 3 is 2.43 bits per heavy atom. The Hall–Kier alpha value is -1.63. The van der Waals surface area contributed by atoms with Gasteiger partial charge in [0.05, 0.1) is 6.10 Å². The maximum atomic E-state index is 12.6. The van der Waals surface area contributed by atoms with Crippen molar-refractivity contribution in [1.29, 1.82) is 0 Å². The highest BCUT2D eigenvalue weighted by Crippen LogP contribution is 2.44. The Morgan fingerprint density at radius 1 is 1.07 bits per heavy atom. The molecule has 0 bridgehead atoms. The lowest BCUT2D eigenvalue weighted by Gasteiger charge is -2.17. The summed E-state index contributed by atoms with van der Waals surface area (Å²) in [5.41, 5.74) is 6.68. The summed E-state index contributed by atoms with van der Waals surface area (Å²) in [6.07, 6.45) is 8.15. The van der Waals surface area contributed by atoms with E-state index in [-0.39, 0.29) is 6.03 Å². The second kappa shape index (κ2) is 7.32. The first-order valence-corrected chi connectivity index (χ1v) is 11.2. The van der Waals surface area contributed by atoms with E-state index in [0.29, 0.717) is 5.09 Å². The first-order chi connectivity index (χ1) is 13.6. The quantitative estimate of drug-likeness (QED) is 0.605. The molecule has 7 heteroatoms. The van der Waals surface area contributed by atoms with Gasteiger partial charge in [0.15, 0.2) is 5.09 Å². The molecule has 0 saturated carbocycles. The van der Waals surface area contributed by atoms with Crippen molar-refractivity contribution >= 4 is 35.3 Å². The predicted octanol–water partition coefficient (Wildman–Crippen LogP) is 5.11. The van der Waals surface area contributed by atoms with Crippen molar-refractivity contribution in [3.05, 3.63) is 44.7 Å². The minimum atomic E-state index is -0.463. The summed E-state index contributed by atoms with van der Waals surface area (Å²) >= 11 is 7.79. The zero-order valence-corrected chi connectivity index (χ0v) is 17.1. The number of aliphatic hydroxyl groups excluding tert-OH is 1. The van der Waals surface area contributed by atoms with Crippen LogP contribution >= 0.6 is 23.5 Å². The number of carbonyl (C=O) groups is 1. The predicted molar refractivity (Wildman–Crippen MR) is 110 cm³/mol. The normalized spacial score (nSPS) is 19.9. The largest absolute Gasteiger partial charge is 0.453 e.